The maximum atomic E-state index is 11.3. The van der Waals surface area contributed by atoms with Crippen LogP contribution in [0.5, 0.6) is 0 Å². The Morgan fingerprint density at radius 3 is 2.53 bits per heavy atom. The highest BCUT2D eigenvalue weighted by atomic mass is 32.2. The van der Waals surface area contributed by atoms with Crippen molar-refractivity contribution >= 4 is 21.2 Å². The minimum absolute atomic E-state index is 0.320. The molecular formula is C11H18N2O2S2. The monoisotopic (exact) mass is 274 g/mol. The molecule has 1 aromatic heterocycles. The van der Waals surface area contributed by atoms with E-state index in [1.54, 1.807) is 11.3 Å². The van der Waals surface area contributed by atoms with E-state index in [1.807, 2.05) is 6.92 Å². The van der Waals surface area contributed by atoms with Crippen LogP contribution in [0.15, 0.2) is 0 Å². The van der Waals surface area contributed by atoms with Crippen molar-refractivity contribution in [3.8, 4) is 0 Å². The SMILES string of the molecule is Cc1nc(CNC2CCS(=O)(=O)CC2)sc1C. The van der Waals surface area contributed by atoms with Crippen molar-refractivity contribution < 1.29 is 8.42 Å². The second-order valence-electron chi connectivity index (χ2n) is 4.56. The highest BCUT2D eigenvalue weighted by molar-refractivity contribution is 7.91. The highest BCUT2D eigenvalue weighted by Gasteiger charge is 2.23. The van der Waals surface area contributed by atoms with Gasteiger partial charge in [-0.1, -0.05) is 0 Å². The van der Waals surface area contributed by atoms with Crippen molar-refractivity contribution in [2.24, 2.45) is 0 Å². The van der Waals surface area contributed by atoms with Crippen LogP contribution in [-0.4, -0.2) is 30.9 Å². The number of sulfone groups is 1. The zero-order valence-electron chi connectivity index (χ0n) is 10.2. The molecule has 0 atom stereocenters. The van der Waals surface area contributed by atoms with Gasteiger partial charge in [0.1, 0.15) is 14.8 Å². The van der Waals surface area contributed by atoms with Gasteiger partial charge in [-0.15, -0.1) is 11.3 Å². The fraction of sp³-hybridized carbons (Fsp3) is 0.727. The molecule has 17 heavy (non-hydrogen) atoms. The van der Waals surface area contributed by atoms with Crippen molar-refractivity contribution in [3.63, 3.8) is 0 Å². The van der Waals surface area contributed by atoms with E-state index in [0.29, 0.717) is 17.5 Å². The lowest BCUT2D eigenvalue weighted by molar-refractivity contribution is 0.462. The van der Waals surface area contributed by atoms with Crippen LogP contribution >= 0.6 is 11.3 Å². The Morgan fingerprint density at radius 2 is 2.00 bits per heavy atom. The third-order valence-electron chi connectivity index (χ3n) is 3.17. The summed E-state index contributed by atoms with van der Waals surface area (Å²) in [7, 11) is -2.75. The van der Waals surface area contributed by atoms with Gasteiger partial charge in [0, 0.05) is 17.5 Å². The average Bonchev–Trinajstić information content (AvgIpc) is 2.57. The van der Waals surface area contributed by atoms with Gasteiger partial charge in [-0.25, -0.2) is 13.4 Å². The van der Waals surface area contributed by atoms with E-state index in [0.717, 1.165) is 30.1 Å². The van der Waals surface area contributed by atoms with Gasteiger partial charge in [0.15, 0.2) is 0 Å². The second kappa shape index (κ2) is 5.04. The lowest BCUT2D eigenvalue weighted by Crippen LogP contribution is -2.37. The van der Waals surface area contributed by atoms with E-state index in [9.17, 15) is 8.42 Å². The minimum Gasteiger partial charge on any atom is -0.308 e. The number of rotatable bonds is 3. The van der Waals surface area contributed by atoms with E-state index in [2.05, 4.69) is 17.2 Å². The van der Waals surface area contributed by atoms with Gasteiger partial charge in [0.25, 0.3) is 0 Å². The molecule has 1 aliphatic rings. The smallest absolute Gasteiger partial charge is 0.150 e. The molecular weight excluding hydrogens is 256 g/mol. The number of hydrogen-bond donors (Lipinski definition) is 1. The first-order valence-electron chi connectivity index (χ1n) is 5.83. The van der Waals surface area contributed by atoms with Gasteiger partial charge in [-0.2, -0.15) is 0 Å². The van der Waals surface area contributed by atoms with Gasteiger partial charge in [-0.3, -0.25) is 0 Å². The molecule has 0 spiro atoms. The highest BCUT2D eigenvalue weighted by Crippen LogP contribution is 2.17. The Hall–Kier alpha value is -0.460. The molecule has 0 amide bonds. The number of nitrogens with one attached hydrogen (secondary N) is 1. The molecule has 0 radical (unpaired) electrons. The van der Waals surface area contributed by atoms with Gasteiger partial charge < -0.3 is 5.32 Å². The number of thiazole rings is 1. The van der Waals surface area contributed by atoms with Crippen LogP contribution in [0.3, 0.4) is 0 Å². The molecule has 0 unspecified atom stereocenters. The number of aryl methyl sites for hydroxylation is 2. The quantitative estimate of drug-likeness (QED) is 0.906. The fourth-order valence-corrected chi connectivity index (χ4v) is 4.32. The van der Waals surface area contributed by atoms with E-state index in [1.165, 1.54) is 4.88 Å². The molecule has 0 saturated carbocycles. The van der Waals surface area contributed by atoms with Crippen LogP contribution in [0, 0.1) is 13.8 Å². The topological polar surface area (TPSA) is 59.1 Å². The van der Waals surface area contributed by atoms with Gasteiger partial charge in [0.2, 0.25) is 0 Å². The zero-order chi connectivity index (χ0) is 12.5. The Morgan fingerprint density at radius 1 is 1.35 bits per heavy atom. The maximum Gasteiger partial charge on any atom is 0.150 e. The van der Waals surface area contributed by atoms with Crippen LogP contribution in [-0.2, 0) is 16.4 Å². The summed E-state index contributed by atoms with van der Waals surface area (Å²) in [6, 6.07) is 0.322. The van der Waals surface area contributed by atoms with Crippen molar-refractivity contribution in [1.29, 1.82) is 0 Å². The molecule has 0 bridgehead atoms. The Kier molecular flexibility index (Phi) is 3.85. The minimum atomic E-state index is -2.75. The number of hydrogen-bond acceptors (Lipinski definition) is 5. The van der Waals surface area contributed by atoms with Crippen LogP contribution in [0.2, 0.25) is 0 Å². The normalized spacial score (nSPS) is 20.6. The van der Waals surface area contributed by atoms with E-state index in [-0.39, 0.29) is 0 Å². The lowest BCUT2D eigenvalue weighted by Gasteiger charge is -2.22. The molecule has 2 rings (SSSR count). The van der Waals surface area contributed by atoms with E-state index < -0.39 is 9.84 Å². The van der Waals surface area contributed by atoms with Gasteiger partial charge in [-0.05, 0) is 26.7 Å². The first kappa shape index (κ1) is 13.0. The number of nitrogens with zero attached hydrogens (tertiary/aromatic N) is 1. The molecule has 1 aromatic rings. The van der Waals surface area contributed by atoms with E-state index >= 15 is 0 Å². The third-order valence-corrected chi connectivity index (χ3v) is 5.96. The molecule has 96 valence electrons. The Labute approximate surface area is 106 Å². The number of aromatic nitrogens is 1. The maximum absolute atomic E-state index is 11.3. The van der Waals surface area contributed by atoms with Crippen molar-refractivity contribution in [1.82, 2.24) is 10.3 Å². The predicted octanol–water partition coefficient (Wildman–Crippen LogP) is 1.43. The first-order chi connectivity index (χ1) is 7.96. The predicted molar refractivity (Wildman–Crippen MR) is 70.1 cm³/mol. The molecule has 1 N–H and O–H groups in total. The van der Waals surface area contributed by atoms with E-state index in [4.69, 9.17) is 0 Å². The summed E-state index contributed by atoms with van der Waals surface area (Å²) in [5, 5.41) is 4.49. The second-order valence-corrected chi connectivity index (χ2v) is 8.15. The van der Waals surface area contributed by atoms with Gasteiger partial charge in [0.05, 0.1) is 17.2 Å². The summed E-state index contributed by atoms with van der Waals surface area (Å²) in [5.41, 5.74) is 1.10. The molecule has 0 aromatic carbocycles. The fourth-order valence-electron chi connectivity index (χ4n) is 1.94. The lowest BCUT2D eigenvalue weighted by atomic mass is 10.1. The third kappa shape index (κ3) is 3.50. The average molecular weight is 274 g/mol. The molecule has 4 nitrogen and oxygen atoms in total. The summed E-state index contributed by atoms with van der Waals surface area (Å²) in [4.78, 5) is 5.72. The summed E-state index contributed by atoms with van der Waals surface area (Å²) >= 11 is 1.71. The summed E-state index contributed by atoms with van der Waals surface area (Å²) in [6.45, 7) is 4.84. The van der Waals surface area contributed by atoms with Crippen LogP contribution in [0.4, 0.5) is 0 Å². The molecule has 6 heteroatoms. The van der Waals surface area contributed by atoms with Crippen LogP contribution in [0.25, 0.3) is 0 Å². The molecule has 1 aliphatic heterocycles. The van der Waals surface area contributed by atoms with Crippen molar-refractivity contribution in [2.45, 2.75) is 39.3 Å². The Balaban J connectivity index is 1.83. The first-order valence-corrected chi connectivity index (χ1v) is 8.47. The van der Waals surface area contributed by atoms with Crippen molar-refractivity contribution in [2.75, 3.05) is 11.5 Å². The zero-order valence-corrected chi connectivity index (χ0v) is 11.8. The largest absolute Gasteiger partial charge is 0.308 e. The van der Waals surface area contributed by atoms with Crippen LogP contribution < -0.4 is 5.32 Å². The van der Waals surface area contributed by atoms with Crippen molar-refractivity contribution in [3.05, 3.63) is 15.6 Å². The molecule has 1 saturated heterocycles. The van der Waals surface area contributed by atoms with Crippen LogP contribution in [0.1, 0.15) is 28.4 Å². The molecule has 0 aliphatic carbocycles. The summed E-state index contributed by atoms with van der Waals surface area (Å²) in [6.07, 6.45) is 1.46. The summed E-state index contributed by atoms with van der Waals surface area (Å²) in [5.74, 6) is 0.640. The van der Waals surface area contributed by atoms with Gasteiger partial charge >= 0.3 is 0 Å². The standard InChI is InChI=1S/C11H18N2O2S2/c1-8-9(2)16-11(13-8)7-12-10-3-5-17(14,15)6-4-10/h10,12H,3-7H2,1-2H3. The Bertz CT molecular complexity index is 460. The summed E-state index contributed by atoms with van der Waals surface area (Å²) < 4.78 is 22.6. The molecule has 1 fully saturated rings. The molecule has 2 heterocycles.